The van der Waals surface area contributed by atoms with E-state index in [1.54, 1.807) is 6.20 Å². The molecule has 0 amide bonds. The first-order valence-electron chi connectivity index (χ1n) is 6.91. The Bertz CT molecular complexity index is 428. The molecule has 1 aromatic rings. The van der Waals surface area contributed by atoms with Crippen molar-refractivity contribution < 1.29 is 0 Å². The fourth-order valence-corrected chi connectivity index (χ4v) is 2.73. The maximum absolute atomic E-state index is 9.10. The predicted molar refractivity (Wildman–Crippen MR) is 73.4 cm³/mol. The summed E-state index contributed by atoms with van der Waals surface area (Å²) in [5.74, 6) is 1.68. The van der Waals surface area contributed by atoms with Gasteiger partial charge in [0.15, 0.2) is 0 Å². The summed E-state index contributed by atoms with van der Waals surface area (Å²) in [5, 5.41) is 12.4. The van der Waals surface area contributed by atoms with E-state index in [9.17, 15) is 0 Å². The number of nitrogens with zero attached hydrogens (tertiary/aromatic N) is 2. The summed E-state index contributed by atoms with van der Waals surface area (Å²) in [6.45, 7) is 2.87. The molecule has 0 bridgehead atoms. The number of hydrogen-bond donors (Lipinski definition) is 1. The van der Waals surface area contributed by atoms with Crippen molar-refractivity contribution in [3.05, 3.63) is 23.4 Å². The smallest absolute Gasteiger partial charge is 0.144 e. The van der Waals surface area contributed by atoms with Crippen molar-refractivity contribution in [3.8, 4) is 6.07 Å². The minimum absolute atomic E-state index is 0.679. The van der Waals surface area contributed by atoms with Gasteiger partial charge in [-0.05, 0) is 37.3 Å². The monoisotopic (exact) mass is 243 g/mol. The molecule has 0 unspecified atom stereocenters. The van der Waals surface area contributed by atoms with Crippen LogP contribution in [0.1, 0.15) is 49.7 Å². The van der Waals surface area contributed by atoms with Crippen LogP contribution in [0.2, 0.25) is 0 Å². The Morgan fingerprint density at radius 3 is 2.94 bits per heavy atom. The second-order valence-electron chi connectivity index (χ2n) is 5.18. The molecule has 0 saturated heterocycles. The lowest BCUT2D eigenvalue weighted by molar-refractivity contribution is 0.491. The Balaban J connectivity index is 1.79. The maximum Gasteiger partial charge on any atom is 0.144 e. The van der Waals surface area contributed by atoms with Crippen LogP contribution in [0, 0.1) is 24.2 Å². The maximum atomic E-state index is 9.10. The molecule has 1 aliphatic rings. The van der Waals surface area contributed by atoms with Crippen molar-refractivity contribution >= 4 is 5.82 Å². The highest BCUT2D eigenvalue weighted by atomic mass is 15.0. The molecule has 1 saturated carbocycles. The van der Waals surface area contributed by atoms with E-state index in [0.717, 1.165) is 23.8 Å². The third-order valence-corrected chi connectivity index (χ3v) is 3.83. The molecule has 0 radical (unpaired) electrons. The predicted octanol–water partition coefficient (Wildman–Crippen LogP) is 3.64. The normalized spacial score (nSPS) is 15.6. The Labute approximate surface area is 109 Å². The molecule has 1 heterocycles. The summed E-state index contributed by atoms with van der Waals surface area (Å²) < 4.78 is 0. The van der Waals surface area contributed by atoms with Crippen LogP contribution in [-0.4, -0.2) is 11.5 Å². The van der Waals surface area contributed by atoms with Crippen LogP contribution < -0.4 is 5.32 Å². The molecule has 96 valence electrons. The molecular weight excluding hydrogens is 222 g/mol. The van der Waals surface area contributed by atoms with Gasteiger partial charge in [-0.2, -0.15) is 5.26 Å². The number of pyridine rings is 1. The minimum Gasteiger partial charge on any atom is -0.369 e. The van der Waals surface area contributed by atoms with Crippen LogP contribution in [0.5, 0.6) is 0 Å². The molecule has 18 heavy (non-hydrogen) atoms. The highest BCUT2D eigenvalue weighted by Crippen LogP contribution is 2.28. The number of hydrogen-bond acceptors (Lipinski definition) is 3. The van der Waals surface area contributed by atoms with Gasteiger partial charge in [0.25, 0.3) is 0 Å². The molecular formula is C15H21N3. The fraction of sp³-hybridized carbons (Fsp3) is 0.600. The molecule has 3 nitrogen and oxygen atoms in total. The SMILES string of the molecule is Cc1ccnc(NCCCC2CCCC2)c1C#N. The topological polar surface area (TPSA) is 48.7 Å². The van der Waals surface area contributed by atoms with Crippen molar-refractivity contribution in [2.45, 2.75) is 45.4 Å². The second kappa shape index (κ2) is 6.39. The van der Waals surface area contributed by atoms with Gasteiger partial charge in [-0.1, -0.05) is 25.7 Å². The lowest BCUT2D eigenvalue weighted by atomic mass is 10.0. The third-order valence-electron chi connectivity index (χ3n) is 3.83. The highest BCUT2D eigenvalue weighted by Gasteiger charge is 2.14. The van der Waals surface area contributed by atoms with Crippen molar-refractivity contribution in [2.24, 2.45) is 5.92 Å². The van der Waals surface area contributed by atoms with E-state index in [1.807, 2.05) is 13.0 Å². The van der Waals surface area contributed by atoms with E-state index in [1.165, 1.54) is 38.5 Å². The Hall–Kier alpha value is -1.56. The standard InChI is InChI=1S/C15H21N3/c1-12-8-10-18-15(14(12)11-16)17-9-4-7-13-5-2-3-6-13/h8,10,13H,2-7,9H2,1H3,(H,17,18). The largest absolute Gasteiger partial charge is 0.369 e. The van der Waals surface area contributed by atoms with Crippen molar-refractivity contribution in [1.82, 2.24) is 4.98 Å². The molecule has 0 spiro atoms. The summed E-state index contributed by atoms with van der Waals surface area (Å²) in [5.41, 5.74) is 1.67. The number of nitriles is 1. The lowest BCUT2D eigenvalue weighted by Crippen LogP contribution is -2.07. The van der Waals surface area contributed by atoms with Crippen LogP contribution in [0.15, 0.2) is 12.3 Å². The van der Waals surface area contributed by atoms with Crippen molar-refractivity contribution in [3.63, 3.8) is 0 Å². The highest BCUT2D eigenvalue weighted by molar-refractivity contribution is 5.55. The quantitative estimate of drug-likeness (QED) is 0.803. The molecule has 1 fully saturated rings. The second-order valence-corrected chi connectivity index (χ2v) is 5.18. The summed E-state index contributed by atoms with van der Waals surface area (Å²) in [7, 11) is 0. The van der Waals surface area contributed by atoms with Gasteiger partial charge in [-0.25, -0.2) is 4.98 Å². The van der Waals surface area contributed by atoms with Gasteiger partial charge in [0.1, 0.15) is 11.9 Å². The van der Waals surface area contributed by atoms with E-state index in [0.29, 0.717) is 5.56 Å². The molecule has 3 heteroatoms. The summed E-state index contributed by atoms with van der Waals surface area (Å²) in [4.78, 5) is 4.25. The van der Waals surface area contributed by atoms with E-state index in [-0.39, 0.29) is 0 Å². The Morgan fingerprint density at radius 2 is 2.22 bits per heavy atom. The number of anilines is 1. The molecule has 1 N–H and O–H groups in total. The van der Waals surface area contributed by atoms with Gasteiger partial charge < -0.3 is 5.32 Å². The van der Waals surface area contributed by atoms with E-state index in [2.05, 4.69) is 16.4 Å². The molecule has 0 aromatic carbocycles. The van der Waals surface area contributed by atoms with Crippen LogP contribution in [-0.2, 0) is 0 Å². The van der Waals surface area contributed by atoms with Crippen LogP contribution in [0.25, 0.3) is 0 Å². The van der Waals surface area contributed by atoms with Crippen molar-refractivity contribution in [2.75, 3.05) is 11.9 Å². The first-order chi connectivity index (χ1) is 8.81. The summed E-state index contributed by atoms with van der Waals surface area (Å²) in [6, 6.07) is 4.10. The Kier molecular flexibility index (Phi) is 4.58. The molecule has 2 rings (SSSR count). The molecule has 1 aromatic heterocycles. The van der Waals surface area contributed by atoms with Gasteiger partial charge in [0.2, 0.25) is 0 Å². The Morgan fingerprint density at radius 1 is 1.44 bits per heavy atom. The number of rotatable bonds is 5. The van der Waals surface area contributed by atoms with Crippen molar-refractivity contribution in [1.29, 1.82) is 5.26 Å². The molecule has 0 atom stereocenters. The number of nitrogens with one attached hydrogen (secondary N) is 1. The van der Waals surface area contributed by atoms with Gasteiger partial charge in [-0.3, -0.25) is 0 Å². The number of aryl methyl sites for hydroxylation is 1. The minimum atomic E-state index is 0.679. The zero-order chi connectivity index (χ0) is 12.8. The van der Waals surface area contributed by atoms with E-state index >= 15 is 0 Å². The average molecular weight is 243 g/mol. The van der Waals surface area contributed by atoms with Gasteiger partial charge >= 0.3 is 0 Å². The van der Waals surface area contributed by atoms with E-state index < -0.39 is 0 Å². The lowest BCUT2D eigenvalue weighted by Gasteiger charge is -2.11. The first kappa shape index (κ1) is 12.9. The molecule has 0 aliphatic heterocycles. The molecule has 1 aliphatic carbocycles. The fourth-order valence-electron chi connectivity index (χ4n) is 2.73. The van der Waals surface area contributed by atoms with Gasteiger partial charge in [0, 0.05) is 12.7 Å². The van der Waals surface area contributed by atoms with Crippen LogP contribution >= 0.6 is 0 Å². The first-order valence-corrected chi connectivity index (χ1v) is 6.91. The summed E-state index contributed by atoms with van der Waals surface area (Å²) in [6.07, 6.45) is 9.88. The van der Waals surface area contributed by atoms with Crippen LogP contribution in [0.4, 0.5) is 5.82 Å². The third kappa shape index (κ3) is 3.22. The van der Waals surface area contributed by atoms with Gasteiger partial charge in [0.05, 0.1) is 5.56 Å². The average Bonchev–Trinajstić information content (AvgIpc) is 2.88. The zero-order valence-electron chi connectivity index (χ0n) is 11.1. The van der Waals surface area contributed by atoms with Gasteiger partial charge in [-0.15, -0.1) is 0 Å². The van der Waals surface area contributed by atoms with E-state index in [4.69, 9.17) is 5.26 Å². The zero-order valence-corrected chi connectivity index (χ0v) is 11.1. The number of aromatic nitrogens is 1. The van der Waals surface area contributed by atoms with Crippen LogP contribution in [0.3, 0.4) is 0 Å². The summed E-state index contributed by atoms with van der Waals surface area (Å²) >= 11 is 0.